The zero-order chi connectivity index (χ0) is 74.9. The normalized spacial score (nSPS) is 13.9. The van der Waals surface area contributed by atoms with Crippen molar-refractivity contribution < 1.29 is 80.2 Å². The molecule has 19 heteroatoms. The lowest BCUT2D eigenvalue weighted by Crippen LogP contribution is -2.30. The maximum Gasteiger partial charge on any atom is 0.472 e. The second-order valence-electron chi connectivity index (χ2n) is 30.8. The number of phosphoric acid groups is 2. The number of esters is 4. The fourth-order valence-corrected chi connectivity index (χ4v) is 14.5. The maximum atomic E-state index is 13.1. The molecule has 0 saturated heterocycles. The summed E-state index contributed by atoms with van der Waals surface area (Å²) in [5.74, 6) is -0.490. The van der Waals surface area contributed by atoms with Gasteiger partial charge in [0.1, 0.15) is 19.3 Å². The van der Waals surface area contributed by atoms with Crippen LogP contribution in [0.25, 0.3) is 0 Å². The summed E-state index contributed by atoms with van der Waals surface area (Å²) in [4.78, 5) is 73.0. The Bertz CT molecular complexity index is 1960. The fourth-order valence-electron chi connectivity index (χ4n) is 12.9. The van der Waals surface area contributed by atoms with Crippen LogP contribution in [0, 0.1) is 11.8 Å². The smallest absolute Gasteiger partial charge is 0.462 e. The van der Waals surface area contributed by atoms with Gasteiger partial charge in [-0.25, -0.2) is 9.13 Å². The third-order valence-corrected chi connectivity index (χ3v) is 21.4. The SMILES string of the molecule is CCCCCCCCCCCCCCCCCCCC(=O)O[C@H](COC(=O)CCCCCCCCC)COP(=O)(O)OC[C@H](O)COP(=O)(O)OC[C@@H](COC(=O)CCCCCCCCCCCCCCCCC(C)C)OC(=O)CCCCCCCCCCCCCCCCCCCCC(C)C. The Morgan fingerprint density at radius 2 is 0.451 bits per heavy atom. The average Bonchev–Trinajstić information content (AvgIpc) is 0.914. The van der Waals surface area contributed by atoms with E-state index < -0.39 is 97.5 Å². The lowest BCUT2D eigenvalue weighted by atomic mass is 10.0. The number of aliphatic hydroxyl groups is 1. The van der Waals surface area contributed by atoms with Crippen molar-refractivity contribution in [3.05, 3.63) is 0 Å². The van der Waals surface area contributed by atoms with Crippen molar-refractivity contribution in [3.8, 4) is 0 Å². The number of hydrogen-bond acceptors (Lipinski definition) is 15. The Kier molecular flexibility index (Phi) is 73.1. The highest BCUT2D eigenvalue weighted by Crippen LogP contribution is 2.45. The molecule has 0 rings (SSSR count). The van der Waals surface area contributed by atoms with Crippen molar-refractivity contribution in [2.75, 3.05) is 39.6 Å². The van der Waals surface area contributed by atoms with E-state index in [0.29, 0.717) is 25.7 Å². The first-order valence-electron chi connectivity index (χ1n) is 43.0. The quantitative estimate of drug-likeness (QED) is 0.0222. The molecule has 5 atom stereocenters. The van der Waals surface area contributed by atoms with E-state index >= 15 is 0 Å². The number of hydrogen-bond donors (Lipinski definition) is 3. The number of ether oxygens (including phenoxy) is 4. The Morgan fingerprint density at radius 1 is 0.265 bits per heavy atom. The highest BCUT2D eigenvalue weighted by molar-refractivity contribution is 7.47. The summed E-state index contributed by atoms with van der Waals surface area (Å²) < 4.78 is 68.7. The third kappa shape index (κ3) is 76.3. The van der Waals surface area contributed by atoms with Crippen LogP contribution in [0.4, 0.5) is 0 Å². The summed E-state index contributed by atoms with van der Waals surface area (Å²) in [6.45, 7) is 9.67. The summed E-state index contributed by atoms with van der Waals surface area (Å²) in [5.41, 5.74) is 0. The number of carbonyl (C=O) groups is 4. The van der Waals surface area contributed by atoms with Gasteiger partial charge in [0.15, 0.2) is 12.2 Å². The van der Waals surface area contributed by atoms with Gasteiger partial charge in [-0.3, -0.25) is 37.3 Å². The summed E-state index contributed by atoms with van der Waals surface area (Å²) in [6.07, 6.45) is 65.4. The van der Waals surface area contributed by atoms with E-state index in [1.54, 1.807) is 0 Å². The van der Waals surface area contributed by atoms with Crippen LogP contribution in [-0.2, 0) is 65.4 Å². The van der Waals surface area contributed by atoms with E-state index in [1.165, 1.54) is 244 Å². The highest BCUT2D eigenvalue weighted by Gasteiger charge is 2.30. The van der Waals surface area contributed by atoms with E-state index in [4.69, 9.17) is 37.0 Å². The molecule has 0 aromatic carbocycles. The zero-order valence-electron chi connectivity index (χ0n) is 66.9. The maximum absolute atomic E-state index is 13.1. The van der Waals surface area contributed by atoms with E-state index in [1.807, 2.05) is 0 Å². The molecule has 0 aliphatic carbocycles. The fraction of sp³-hybridized carbons (Fsp3) is 0.952. The molecule has 0 aromatic heterocycles. The topological polar surface area (TPSA) is 237 Å². The molecule has 2 unspecified atom stereocenters. The molecular weight excluding hydrogens is 1330 g/mol. The van der Waals surface area contributed by atoms with Crippen LogP contribution < -0.4 is 0 Å². The van der Waals surface area contributed by atoms with Crippen molar-refractivity contribution in [3.63, 3.8) is 0 Å². The van der Waals surface area contributed by atoms with Crippen LogP contribution in [0.5, 0.6) is 0 Å². The van der Waals surface area contributed by atoms with Gasteiger partial charge in [-0.1, -0.05) is 388 Å². The van der Waals surface area contributed by atoms with Gasteiger partial charge in [0.05, 0.1) is 26.4 Å². The zero-order valence-corrected chi connectivity index (χ0v) is 68.7. The van der Waals surface area contributed by atoms with Crippen LogP contribution >= 0.6 is 15.6 Å². The third-order valence-electron chi connectivity index (χ3n) is 19.5. The second kappa shape index (κ2) is 74.5. The predicted octanol–water partition coefficient (Wildman–Crippen LogP) is 25.1. The monoisotopic (exact) mass is 1490 g/mol. The predicted molar refractivity (Wildman–Crippen MR) is 418 cm³/mol. The molecule has 0 saturated carbocycles. The molecule has 0 radical (unpaired) electrons. The number of unbranched alkanes of at least 4 members (excludes halogenated alkanes) is 52. The largest absolute Gasteiger partial charge is 0.472 e. The van der Waals surface area contributed by atoms with Gasteiger partial charge >= 0.3 is 39.5 Å². The van der Waals surface area contributed by atoms with Crippen LogP contribution in [0.15, 0.2) is 0 Å². The average molecular weight is 1490 g/mol. The molecule has 606 valence electrons. The lowest BCUT2D eigenvalue weighted by molar-refractivity contribution is -0.161. The van der Waals surface area contributed by atoms with Crippen LogP contribution in [0.1, 0.15) is 440 Å². The Morgan fingerprint density at radius 3 is 0.667 bits per heavy atom. The first kappa shape index (κ1) is 100. The molecule has 0 fully saturated rings. The second-order valence-corrected chi connectivity index (χ2v) is 33.7. The van der Waals surface area contributed by atoms with Gasteiger partial charge in [0.2, 0.25) is 0 Å². The summed E-state index contributed by atoms with van der Waals surface area (Å²) in [6, 6.07) is 0. The standard InChI is InChI=1S/C83H162O17P2/c1-7-9-11-13-15-16-17-18-19-22-26-33-38-43-49-55-61-67-82(87)99-78(71-93-80(85)65-59-53-45-14-12-10-8-2)73-97-101(89,90)95-69-77(84)70-96-102(91,92)98-74-79(72-94-81(86)66-60-54-48-42-37-32-29-28-31-36-41-47-52-58-64-76(5)6)100-83(88)68-62-56-50-44-39-34-27-24-21-20-23-25-30-35-40-46-51-57-63-75(3)4/h75-79,84H,7-74H2,1-6H3,(H,89,90)(H,91,92)/t77-,78+,79+/m0/s1. The van der Waals surface area contributed by atoms with Gasteiger partial charge in [0, 0.05) is 25.7 Å². The molecule has 0 aliphatic rings. The molecule has 0 bridgehead atoms. The highest BCUT2D eigenvalue weighted by atomic mass is 31.2. The van der Waals surface area contributed by atoms with Crippen molar-refractivity contribution in [1.82, 2.24) is 0 Å². The van der Waals surface area contributed by atoms with E-state index in [0.717, 1.165) is 115 Å². The van der Waals surface area contributed by atoms with Gasteiger partial charge in [-0.05, 0) is 37.5 Å². The van der Waals surface area contributed by atoms with Gasteiger partial charge in [-0.2, -0.15) is 0 Å². The summed E-state index contributed by atoms with van der Waals surface area (Å²) >= 11 is 0. The molecule has 0 spiro atoms. The Labute approximate surface area is 626 Å². The van der Waals surface area contributed by atoms with Crippen molar-refractivity contribution in [2.45, 2.75) is 458 Å². The Balaban J connectivity index is 5.17. The summed E-state index contributed by atoms with van der Waals surface area (Å²) in [7, 11) is -9.92. The molecule has 17 nitrogen and oxygen atoms in total. The molecule has 0 aromatic rings. The molecular formula is C83H162O17P2. The summed E-state index contributed by atoms with van der Waals surface area (Å²) in [5, 5.41) is 10.6. The number of carbonyl (C=O) groups excluding carboxylic acids is 4. The van der Waals surface area contributed by atoms with Crippen LogP contribution in [0.2, 0.25) is 0 Å². The molecule has 102 heavy (non-hydrogen) atoms. The lowest BCUT2D eigenvalue weighted by Gasteiger charge is -2.21. The molecule has 3 N–H and O–H groups in total. The van der Waals surface area contributed by atoms with Gasteiger partial charge in [-0.15, -0.1) is 0 Å². The molecule has 0 heterocycles. The van der Waals surface area contributed by atoms with E-state index in [2.05, 4.69) is 41.5 Å². The van der Waals surface area contributed by atoms with Crippen LogP contribution in [0.3, 0.4) is 0 Å². The van der Waals surface area contributed by atoms with Gasteiger partial charge < -0.3 is 33.8 Å². The van der Waals surface area contributed by atoms with E-state index in [-0.39, 0.29) is 25.7 Å². The number of phosphoric ester groups is 2. The minimum Gasteiger partial charge on any atom is -0.462 e. The van der Waals surface area contributed by atoms with Crippen molar-refractivity contribution in [1.29, 1.82) is 0 Å². The van der Waals surface area contributed by atoms with Crippen molar-refractivity contribution in [2.24, 2.45) is 11.8 Å². The first-order chi connectivity index (χ1) is 49.4. The van der Waals surface area contributed by atoms with Crippen LogP contribution in [-0.4, -0.2) is 96.7 Å². The number of rotatable bonds is 82. The van der Waals surface area contributed by atoms with E-state index in [9.17, 15) is 43.2 Å². The Hall–Kier alpha value is -1.94. The van der Waals surface area contributed by atoms with Gasteiger partial charge in [0.25, 0.3) is 0 Å². The minimum atomic E-state index is -4.96. The molecule has 0 aliphatic heterocycles. The first-order valence-corrected chi connectivity index (χ1v) is 46.0. The minimum absolute atomic E-state index is 0.108. The number of aliphatic hydroxyl groups excluding tert-OH is 1. The molecule has 0 amide bonds. The van der Waals surface area contributed by atoms with Crippen molar-refractivity contribution >= 4 is 39.5 Å².